The number of benzene rings is 3. The fourth-order valence-corrected chi connectivity index (χ4v) is 3.70. The number of ether oxygens (including phenoxy) is 4. The van der Waals surface area contributed by atoms with Crippen LogP contribution >= 0.6 is 0 Å². The molecule has 34 heavy (non-hydrogen) atoms. The van der Waals surface area contributed by atoms with Crippen LogP contribution in [0.25, 0.3) is 11.0 Å². The maximum atomic E-state index is 13.4. The summed E-state index contributed by atoms with van der Waals surface area (Å²) in [5, 5.41) is 3.38. The Morgan fingerprint density at radius 1 is 0.912 bits per heavy atom. The van der Waals surface area contributed by atoms with E-state index in [2.05, 4.69) is 5.32 Å². The molecule has 0 aliphatic carbocycles. The van der Waals surface area contributed by atoms with E-state index in [-0.39, 0.29) is 18.1 Å². The van der Waals surface area contributed by atoms with Crippen molar-refractivity contribution >= 4 is 28.3 Å². The fourth-order valence-electron chi connectivity index (χ4n) is 3.70. The fraction of sp³-hybridized carbons (Fsp3) is 0.154. The number of anilines is 1. The number of rotatable bonds is 7. The Kier molecular flexibility index (Phi) is 5.78. The second-order valence-electron chi connectivity index (χ2n) is 7.48. The van der Waals surface area contributed by atoms with Crippen molar-refractivity contribution in [1.29, 1.82) is 0 Å². The van der Waals surface area contributed by atoms with E-state index in [4.69, 9.17) is 23.4 Å². The monoisotopic (exact) mass is 459 g/mol. The Morgan fingerprint density at radius 2 is 1.65 bits per heavy atom. The minimum atomic E-state index is -0.450. The van der Waals surface area contributed by atoms with Crippen LogP contribution in [0.3, 0.4) is 0 Å². The van der Waals surface area contributed by atoms with Gasteiger partial charge < -0.3 is 28.7 Å². The molecule has 3 aromatic carbocycles. The maximum Gasteiger partial charge on any atom is 0.262 e. The number of carbonyl (C=O) groups excluding carboxylic acids is 2. The molecule has 8 heteroatoms. The van der Waals surface area contributed by atoms with Crippen molar-refractivity contribution < 1.29 is 33.0 Å². The molecule has 1 N–H and O–H groups in total. The maximum absolute atomic E-state index is 13.4. The Labute approximate surface area is 195 Å². The summed E-state index contributed by atoms with van der Waals surface area (Å²) in [7, 11) is 1.52. The zero-order chi connectivity index (χ0) is 23.5. The van der Waals surface area contributed by atoms with Crippen LogP contribution in [0.5, 0.6) is 23.0 Å². The van der Waals surface area contributed by atoms with Crippen molar-refractivity contribution in [2.75, 3.05) is 32.2 Å². The lowest BCUT2D eigenvalue weighted by Crippen LogP contribution is -2.21. The molecule has 0 fully saturated rings. The molecule has 0 radical (unpaired) electrons. The van der Waals surface area contributed by atoms with E-state index < -0.39 is 11.7 Å². The van der Waals surface area contributed by atoms with Gasteiger partial charge in [0, 0.05) is 10.9 Å². The topological polar surface area (TPSA) is 96.2 Å². The number of carbonyl (C=O) groups is 2. The lowest BCUT2D eigenvalue weighted by molar-refractivity contribution is -0.118. The molecule has 0 atom stereocenters. The van der Waals surface area contributed by atoms with Crippen LogP contribution < -0.4 is 24.3 Å². The smallest absolute Gasteiger partial charge is 0.262 e. The number of fused-ring (bicyclic) bond motifs is 2. The van der Waals surface area contributed by atoms with Crippen molar-refractivity contribution in [1.82, 2.24) is 0 Å². The van der Waals surface area contributed by atoms with Crippen LogP contribution in [-0.4, -0.2) is 38.6 Å². The summed E-state index contributed by atoms with van der Waals surface area (Å²) in [4.78, 5) is 26.1. The highest BCUT2D eigenvalue weighted by Crippen LogP contribution is 2.35. The molecule has 1 aromatic heterocycles. The van der Waals surface area contributed by atoms with Crippen LogP contribution in [0.4, 0.5) is 5.69 Å². The summed E-state index contributed by atoms with van der Waals surface area (Å²) >= 11 is 0. The van der Waals surface area contributed by atoms with Gasteiger partial charge in [0.15, 0.2) is 35.4 Å². The van der Waals surface area contributed by atoms with Crippen LogP contribution in [0, 0.1) is 0 Å². The molecule has 0 bridgehead atoms. The summed E-state index contributed by atoms with van der Waals surface area (Å²) in [6, 6.07) is 19.1. The second kappa shape index (κ2) is 9.19. The van der Waals surface area contributed by atoms with Gasteiger partial charge in [-0.3, -0.25) is 9.59 Å². The van der Waals surface area contributed by atoms with E-state index in [1.165, 1.54) is 7.11 Å². The number of hydrogen-bond donors (Lipinski definition) is 1. The van der Waals surface area contributed by atoms with Gasteiger partial charge in [0.05, 0.1) is 12.8 Å². The molecule has 8 nitrogen and oxygen atoms in total. The van der Waals surface area contributed by atoms with Gasteiger partial charge >= 0.3 is 0 Å². The van der Waals surface area contributed by atoms with Gasteiger partial charge in [-0.15, -0.1) is 0 Å². The third-order valence-electron chi connectivity index (χ3n) is 5.30. The minimum Gasteiger partial charge on any atom is -0.493 e. The second-order valence-corrected chi connectivity index (χ2v) is 7.48. The third kappa shape index (κ3) is 4.13. The van der Waals surface area contributed by atoms with Gasteiger partial charge in [0.25, 0.3) is 5.91 Å². The first-order valence-corrected chi connectivity index (χ1v) is 10.7. The average Bonchev–Trinajstić information content (AvgIpc) is 3.25. The van der Waals surface area contributed by atoms with E-state index in [0.29, 0.717) is 52.7 Å². The van der Waals surface area contributed by atoms with Crippen LogP contribution in [0.15, 0.2) is 71.1 Å². The molecule has 0 saturated heterocycles. The zero-order valence-electron chi connectivity index (χ0n) is 18.3. The van der Waals surface area contributed by atoms with Gasteiger partial charge in [-0.1, -0.05) is 24.3 Å². The van der Waals surface area contributed by atoms with Crippen LogP contribution in [0.1, 0.15) is 16.1 Å². The Bertz CT molecular complexity index is 1370. The zero-order valence-corrected chi connectivity index (χ0v) is 18.3. The molecule has 1 amide bonds. The summed E-state index contributed by atoms with van der Waals surface area (Å²) in [6.07, 6.45) is 0. The minimum absolute atomic E-state index is 0.0171. The van der Waals surface area contributed by atoms with Crippen LogP contribution in [0.2, 0.25) is 0 Å². The first-order valence-electron chi connectivity index (χ1n) is 10.7. The van der Waals surface area contributed by atoms with E-state index in [1.54, 1.807) is 66.7 Å². The highest BCUT2D eigenvalue weighted by molar-refractivity contribution is 6.17. The number of ketones is 1. The normalized spacial score (nSPS) is 12.3. The summed E-state index contributed by atoms with van der Waals surface area (Å²) in [6.45, 7) is 0.581. The molecule has 2 heterocycles. The predicted molar refractivity (Wildman–Crippen MR) is 124 cm³/mol. The molecular weight excluding hydrogens is 438 g/mol. The van der Waals surface area contributed by atoms with Gasteiger partial charge in [0.2, 0.25) is 5.78 Å². The average molecular weight is 459 g/mol. The van der Waals surface area contributed by atoms with E-state index >= 15 is 0 Å². The number of nitrogens with one attached hydrogen (secondary N) is 1. The van der Waals surface area contributed by atoms with Gasteiger partial charge in [-0.25, -0.2) is 0 Å². The van der Waals surface area contributed by atoms with Crippen molar-refractivity contribution in [2.24, 2.45) is 0 Å². The van der Waals surface area contributed by atoms with Crippen molar-refractivity contribution in [3.8, 4) is 23.0 Å². The molecule has 1 aliphatic heterocycles. The summed E-state index contributed by atoms with van der Waals surface area (Å²) in [5.74, 6) is 1.19. The highest BCUT2D eigenvalue weighted by atomic mass is 16.6. The molecular formula is C26H21NO7. The van der Waals surface area contributed by atoms with Crippen molar-refractivity contribution in [2.45, 2.75) is 0 Å². The Morgan fingerprint density at radius 3 is 2.47 bits per heavy atom. The van der Waals surface area contributed by atoms with E-state index in [0.717, 1.165) is 0 Å². The van der Waals surface area contributed by atoms with E-state index in [9.17, 15) is 9.59 Å². The quantitative estimate of drug-likeness (QED) is 0.408. The SMILES string of the molecule is COc1ccccc1OCC(=O)Nc1c(C(=O)c2ccc3c(c2)OCCO3)oc2ccccc12. The molecule has 4 aromatic rings. The number of hydrogen-bond acceptors (Lipinski definition) is 7. The number of furan rings is 1. The first-order chi connectivity index (χ1) is 16.6. The van der Waals surface area contributed by atoms with Gasteiger partial charge in [-0.2, -0.15) is 0 Å². The van der Waals surface area contributed by atoms with Gasteiger partial charge in [-0.05, 0) is 42.5 Å². The standard InChI is InChI=1S/C26H21NO7/c1-30-19-8-4-5-9-20(19)33-15-23(28)27-24-17-6-2-3-7-18(17)34-26(24)25(29)16-10-11-21-22(14-16)32-13-12-31-21/h2-11,14H,12-13,15H2,1H3,(H,27,28). The summed E-state index contributed by atoms with van der Waals surface area (Å²) < 4.78 is 27.8. The first kappa shape index (κ1) is 21.4. The van der Waals surface area contributed by atoms with E-state index in [1.807, 2.05) is 0 Å². The van der Waals surface area contributed by atoms with Gasteiger partial charge in [0.1, 0.15) is 18.8 Å². The lowest BCUT2D eigenvalue weighted by atomic mass is 10.1. The summed E-state index contributed by atoms with van der Waals surface area (Å²) in [5.41, 5.74) is 1.11. The van der Waals surface area contributed by atoms with Crippen molar-refractivity contribution in [3.05, 3.63) is 78.1 Å². The number of para-hydroxylation sites is 3. The largest absolute Gasteiger partial charge is 0.493 e. The molecule has 1 aliphatic rings. The predicted octanol–water partition coefficient (Wildman–Crippen LogP) is 4.46. The molecule has 172 valence electrons. The number of amides is 1. The Hall–Kier alpha value is -4.46. The molecule has 0 unspecified atom stereocenters. The number of methoxy groups -OCH3 is 1. The lowest BCUT2D eigenvalue weighted by Gasteiger charge is -2.18. The Balaban J connectivity index is 1.42. The third-order valence-corrected chi connectivity index (χ3v) is 5.30. The van der Waals surface area contributed by atoms with Crippen LogP contribution in [-0.2, 0) is 4.79 Å². The molecule has 0 spiro atoms. The molecule has 5 rings (SSSR count). The molecule has 0 saturated carbocycles. The highest BCUT2D eigenvalue weighted by Gasteiger charge is 2.25. The van der Waals surface area contributed by atoms with Crippen molar-refractivity contribution in [3.63, 3.8) is 0 Å².